The summed E-state index contributed by atoms with van der Waals surface area (Å²) in [6.07, 6.45) is 3.21. The Balaban J connectivity index is 2.41. The number of imidazole rings is 1. The molecule has 0 bridgehead atoms. The quantitative estimate of drug-likeness (QED) is 0.833. The van der Waals surface area contributed by atoms with Gasteiger partial charge < -0.3 is 10.7 Å². The first kappa shape index (κ1) is 10.8. The largest absolute Gasteiger partial charge is 0.348 e. The van der Waals surface area contributed by atoms with Gasteiger partial charge in [0.25, 0.3) is 0 Å². The molecule has 3 N–H and O–H groups in total. The van der Waals surface area contributed by atoms with Crippen LogP contribution in [0.25, 0.3) is 0 Å². The van der Waals surface area contributed by atoms with Crippen LogP contribution in [-0.4, -0.2) is 16.5 Å². The second kappa shape index (κ2) is 4.40. The van der Waals surface area contributed by atoms with Crippen LogP contribution in [0.5, 0.6) is 0 Å². The predicted molar refractivity (Wildman–Crippen MR) is 55.8 cm³/mol. The molecular weight excluding hydrogens is 212 g/mol. The van der Waals surface area contributed by atoms with Gasteiger partial charge in [-0.15, -0.1) is 0 Å². The Morgan fingerprint density at radius 2 is 2.19 bits per heavy atom. The number of nitrogens with one attached hydrogen (secondary N) is 1. The standard InChI is InChI=1S/C11H11F2N3/c12-7-1-2-8(10(13)5-7)9(6-14)11-15-3-4-16-11/h1-5,9H,6,14H2,(H,15,16). The number of nitrogens with zero attached hydrogens (tertiary/aromatic N) is 1. The molecule has 0 radical (unpaired) electrons. The molecule has 84 valence electrons. The summed E-state index contributed by atoms with van der Waals surface area (Å²) in [5.74, 6) is -1.01. The van der Waals surface area contributed by atoms with Gasteiger partial charge in [0, 0.05) is 25.0 Å². The fourth-order valence-electron chi connectivity index (χ4n) is 1.64. The van der Waals surface area contributed by atoms with Gasteiger partial charge in [0.05, 0.1) is 5.92 Å². The minimum absolute atomic E-state index is 0.204. The molecule has 0 saturated carbocycles. The first-order valence-electron chi connectivity index (χ1n) is 4.86. The van der Waals surface area contributed by atoms with Gasteiger partial charge in [-0.2, -0.15) is 0 Å². The summed E-state index contributed by atoms with van der Waals surface area (Å²) < 4.78 is 26.3. The van der Waals surface area contributed by atoms with Gasteiger partial charge in [-0.25, -0.2) is 13.8 Å². The normalized spacial score (nSPS) is 12.7. The molecule has 0 amide bonds. The molecule has 3 nitrogen and oxygen atoms in total. The molecule has 1 heterocycles. The van der Waals surface area contributed by atoms with E-state index in [0.717, 1.165) is 6.07 Å². The summed E-state index contributed by atoms with van der Waals surface area (Å²) >= 11 is 0. The molecule has 16 heavy (non-hydrogen) atoms. The van der Waals surface area contributed by atoms with Crippen LogP contribution in [0.3, 0.4) is 0 Å². The van der Waals surface area contributed by atoms with Crippen molar-refractivity contribution in [1.29, 1.82) is 0 Å². The van der Waals surface area contributed by atoms with Crippen LogP contribution in [0, 0.1) is 11.6 Å². The van der Waals surface area contributed by atoms with Crippen LogP contribution in [0.4, 0.5) is 8.78 Å². The SMILES string of the molecule is NCC(c1ncc[nH]1)c1ccc(F)cc1F. The van der Waals surface area contributed by atoms with Crippen LogP contribution in [0.2, 0.25) is 0 Å². The second-order valence-electron chi connectivity index (χ2n) is 3.43. The summed E-state index contributed by atoms with van der Waals surface area (Å²) in [5.41, 5.74) is 5.93. The van der Waals surface area contributed by atoms with Gasteiger partial charge in [-0.1, -0.05) is 6.07 Å². The van der Waals surface area contributed by atoms with E-state index in [2.05, 4.69) is 9.97 Å². The molecule has 0 fully saturated rings. The maximum atomic E-state index is 13.5. The third-order valence-corrected chi connectivity index (χ3v) is 2.42. The molecule has 2 rings (SSSR count). The number of nitrogens with two attached hydrogens (primary N) is 1. The Bertz CT molecular complexity index is 468. The van der Waals surface area contributed by atoms with Crippen molar-refractivity contribution < 1.29 is 8.78 Å². The number of halogens is 2. The lowest BCUT2D eigenvalue weighted by Crippen LogP contribution is -2.16. The van der Waals surface area contributed by atoms with Crippen molar-refractivity contribution in [1.82, 2.24) is 9.97 Å². The van der Waals surface area contributed by atoms with Crippen molar-refractivity contribution in [3.8, 4) is 0 Å². The van der Waals surface area contributed by atoms with Crippen LogP contribution in [0.15, 0.2) is 30.6 Å². The van der Waals surface area contributed by atoms with Gasteiger partial charge >= 0.3 is 0 Å². The van der Waals surface area contributed by atoms with Crippen molar-refractivity contribution in [2.75, 3.05) is 6.54 Å². The Kier molecular flexibility index (Phi) is 2.96. The number of hydrogen-bond acceptors (Lipinski definition) is 2. The number of benzene rings is 1. The van der Waals surface area contributed by atoms with Crippen LogP contribution in [-0.2, 0) is 0 Å². The highest BCUT2D eigenvalue weighted by atomic mass is 19.1. The fraction of sp³-hybridized carbons (Fsp3) is 0.182. The van der Waals surface area contributed by atoms with E-state index >= 15 is 0 Å². The number of rotatable bonds is 3. The summed E-state index contributed by atoms with van der Waals surface area (Å²) in [5, 5.41) is 0. The Morgan fingerprint density at radius 3 is 2.75 bits per heavy atom. The molecule has 5 heteroatoms. The lowest BCUT2D eigenvalue weighted by atomic mass is 9.98. The third kappa shape index (κ3) is 1.94. The highest BCUT2D eigenvalue weighted by Crippen LogP contribution is 2.23. The Morgan fingerprint density at radius 1 is 1.38 bits per heavy atom. The van der Waals surface area contributed by atoms with Crippen LogP contribution < -0.4 is 5.73 Å². The molecule has 0 saturated heterocycles. The molecule has 2 aromatic rings. The fourth-order valence-corrected chi connectivity index (χ4v) is 1.64. The van der Waals surface area contributed by atoms with Crippen LogP contribution in [0.1, 0.15) is 17.3 Å². The van der Waals surface area contributed by atoms with Gasteiger partial charge in [0.15, 0.2) is 0 Å². The molecule has 0 aliphatic carbocycles. The highest BCUT2D eigenvalue weighted by molar-refractivity contribution is 5.28. The minimum Gasteiger partial charge on any atom is -0.348 e. The summed E-state index contributed by atoms with van der Waals surface area (Å²) in [4.78, 5) is 6.91. The van der Waals surface area contributed by atoms with Gasteiger partial charge in [-0.3, -0.25) is 0 Å². The summed E-state index contributed by atoms with van der Waals surface area (Å²) in [7, 11) is 0. The number of aromatic amines is 1. The number of aromatic nitrogens is 2. The minimum atomic E-state index is -0.605. The third-order valence-electron chi connectivity index (χ3n) is 2.42. The molecule has 0 spiro atoms. The van der Waals surface area contributed by atoms with E-state index in [-0.39, 0.29) is 12.5 Å². The Labute approximate surface area is 91.3 Å². The van der Waals surface area contributed by atoms with E-state index in [1.165, 1.54) is 12.1 Å². The lowest BCUT2D eigenvalue weighted by molar-refractivity contribution is 0.561. The van der Waals surface area contributed by atoms with Crippen molar-refractivity contribution in [2.24, 2.45) is 5.73 Å². The van der Waals surface area contributed by atoms with E-state index in [9.17, 15) is 8.78 Å². The van der Waals surface area contributed by atoms with Gasteiger partial charge in [0.1, 0.15) is 17.5 Å². The van der Waals surface area contributed by atoms with Crippen molar-refractivity contribution in [3.05, 3.63) is 53.6 Å². The van der Waals surface area contributed by atoms with E-state index in [1.807, 2.05) is 0 Å². The lowest BCUT2D eigenvalue weighted by Gasteiger charge is -2.13. The van der Waals surface area contributed by atoms with E-state index in [4.69, 9.17) is 5.73 Å². The van der Waals surface area contributed by atoms with Crippen molar-refractivity contribution in [3.63, 3.8) is 0 Å². The molecule has 1 aromatic heterocycles. The molecule has 0 aliphatic heterocycles. The van der Waals surface area contributed by atoms with Crippen molar-refractivity contribution in [2.45, 2.75) is 5.92 Å². The number of H-pyrrole nitrogens is 1. The number of hydrogen-bond donors (Lipinski definition) is 2. The van der Waals surface area contributed by atoms with E-state index in [0.29, 0.717) is 11.4 Å². The monoisotopic (exact) mass is 223 g/mol. The molecule has 1 aromatic carbocycles. The summed E-state index contributed by atoms with van der Waals surface area (Å²) in [6.45, 7) is 0.204. The van der Waals surface area contributed by atoms with Gasteiger partial charge in [-0.05, 0) is 11.6 Å². The van der Waals surface area contributed by atoms with Crippen molar-refractivity contribution >= 4 is 0 Å². The Hall–Kier alpha value is -1.75. The first-order valence-corrected chi connectivity index (χ1v) is 4.86. The average Bonchev–Trinajstić information content (AvgIpc) is 2.75. The van der Waals surface area contributed by atoms with E-state index < -0.39 is 11.6 Å². The molecular formula is C11H11F2N3. The second-order valence-corrected chi connectivity index (χ2v) is 3.43. The first-order chi connectivity index (χ1) is 7.72. The van der Waals surface area contributed by atoms with Crippen LogP contribution >= 0.6 is 0 Å². The maximum absolute atomic E-state index is 13.5. The van der Waals surface area contributed by atoms with Gasteiger partial charge in [0.2, 0.25) is 0 Å². The summed E-state index contributed by atoms with van der Waals surface area (Å²) in [6, 6.07) is 3.45. The smallest absolute Gasteiger partial charge is 0.130 e. The predicted octanol–water partition coefficient (Wildman–Crippen LogP) is 1.78. The zero-order valence-corrected chi connectivity index (χ0v) is 8.45. The van der Waals surface area contributed by atoms with E-state index in [1.54, 1.807) is 12.4 Å². The highest BCUT2D eigenvalue weighted by Gasteiger charge is 2.18. The average molecular weight is 223 g/mol. The topological polar surface area (TPSA) is 54.7 Å². The molecule has 1 unspecified atom stereocenters. The molecule has 0 aliphatic rings. The molecule has 1 atom stereocenters. The maximum Gasteiger partial charge on any atom is 0.130 e. The zero-order valence-electron chi connectivity index (χ0n) is 8.45. The zero-order chi connectivity index (χ0) is 11.5.